The topological polar surface area (TPSA) is 0 Å². The van der Waals surface area contributed by atoms with Crippen molar-refractivity contribution in [3.63, 3.8) is 0 Å². The van der Waals surface area contributed by atoms with Gasteiger partial charge in [-0.3, -0.25) is 0 Å². The van der Waals surface area contributed by atoms with E-state index in [1.165, 1.54) is 17.7 Å². The molecule has 0 aliphatic heterocycles. The maximum Gasteiger partial charge on any atom is 0.0209 e. The Bertz CT molecular complexity index is 291. The molecule has 15 heavy (non-hydrogen) atoms. The molecule has 1 rings (SSSR count). The van der Waals surface area contributed by atoms with Crippen molar-refractivity contribution in [2.75, 3.05) is 0 Å². The van der Waals surface area contributed by atoms with Crippen molar-refractivity contribution < 1.29 is 0 Å². The Hall–Kier alpha value is -0.866. The first-order chi connectivity index (χ1) is 7.43. The highest BCUT2D eigenvalue weighted by molar-refractivity contribution is 6.56. The SMILES string of the molecule is C=CC[SiH2]C[SiH2]CC=Cc1ccccc1. The van der Waals surface area contributed by atoms with E-state index in [1.54, 1.807) is 5.67 Å². The highest BCUT2D eigenvalue weighted by atomic mass is 28.3. The number of hydrogen-bond donors (Lipinski definition) is 0. The Morgan fingerprint density at radius 3 is 2.53 bits per heavy atom. The van der Waals surface area contributed by atoms with Gasteiger partial charge in [-0.2, -0.15) is 0 Å². The normalized spacial score (nSPS) is 12.3. The average molecular weight is 232 g/mol. The Balaban J connectivity index is 2.10. The fourth-order valence-electron chi connectivity index (χ4n) is 1.51. The van der Waals surface area contributed by atoms with Gasteiger partial charge in [0.05, 0.1) is 0 Å². The number of rotatable bonds is 7. The first-order valence-corrected chi connectivity index (χ1v) is 9.76. The minimum absolute atomic E-state index is 0.202. The van der Waals surface area contributed by atoms with Gasteiger partial charge in [0, 0.05) is 19.0 Å². The molecule has 0 spiro atoms. The van der Waals surface area contributed by atoms with Crippen molar-refractivity contribution in [2.24, 2.45) is 0 Å². The molecule has 0 nitrogen and oxygen atoms in total. The van der Waals surface area contributed by atoms with Gasteiger partial charge >= 0.3 is 0 Å². The Labute approximate surface area is 97.8 Å². The minimum Gasteiger partial charge on any atom is -0.103 e. The van der Waals surface area contributed by atoms with Crippen LogP contribution in [0, 0.1) is 0 Å². The summed E-state index contributed by atoms with van der Waals surface area (Å²) < 4.78 is 0. The largest absolute Gasteiger partial charge is 0.103 e. The smallest absolute Gasteiger partial charge is 0.0209 e. The molecule has 0 aliphatic carbocycles. The summed E-state index contributed by atoms with van der Waals surface area (Å²) in [5.74, 6) is 0. The van der Waals surface area contributed by atoms with E-state index in [-0.39, 0.29) is 19.0 Å². The maximum atomic E-state index is 3.77. The lowest BCUT2D eigenvalue weighted by molar-refractivity contribution is 1.61. The maximum absolute atomic E-state index is 3.77. The van der Waals surface area contributed by atoms with E-state index in [9.17, 15) is 0 Å². The van der Waals surface area contributed by atoms with Crippen molar-refractivity contribution in [3.8, 4) is 0 Å². The zero-order valence-corrected chi connectivity index (χ0v) is 12.2. The van der Waals surface area contributed by atoms with Crippen LogP contribution in [0.4, 0.5) is 0 Å². The van der Waals surface area contributed by atoms with Gasteiger partial charge < -0.3 is 0 Å². The highest BCUT2D eigenvalue weighted by Crippen LogP contribution is 2.02. The minimum atomic E-state index is 0.202. The molecule has 0 heterocycles. The second-order valence-electron chi connectivity index (χ2n) is 3.74. The molecule has 0 amide bonds. The van der Waals surface area contributed by atoms with Gasteiger partial charge in [-0.05, 0) is 17.7 Å². The summed E-state index contributed by atoms with van der Waals surface area (Å²) in [7, 11) is 0.433. The van der Waals surface area contributed by atoms with Crippen LogP contribution in [0.25, 0.3) is 6.08 Å². The molecule has 0 aromatic heterocycles. The second kappa shape index (κ2) is 8.44. The first-order valence-electron chi connectivity index (χ1n) is 5.76. The summed E-state index contributed by atoms with van der Waals surface area (Å²) in [5.41, 5.74) is 2.92. The van der Waals surface area contributed by atoms with Gasteiger partial charge in [0.2, 0.25) is 0 Å². The molecule has 1 aromatic rings. The molecule has 2 heteroatoms. The molecule has 0 fully saturated rings. The van der Waals surface area contributed by atoms with Gasteiger partial charge in [-0.1, -0.05) is 54.2 Å². The molecular formula is C13H20Si2. The molecule has 0 bridgehead atoms. The summed E-state index contributed by atoms with van der Waals surface area (Å²) in [4.78, 5) is 0. The van der Waals surface area contributed by atoms with Crippen molar-refractivity contribution in [2.45, 2.75) is 17.8 Å². The summed E-state index contributed by atoms with van der Waals surface area (Å²) in [6.07, 6.45) is 6.69. The number of hydrogen-bond acceptors (Lipinski definition) is 0. The average Bonchev–Trinajstić information content (AvgIpc) is 2.29. The summed E-state index contributed by atoms with van der Waals surface area (Å²) in [5, 5.41) is 0. The predicted octanol–water partition coefficient (Wildman–Crippen LogP) is 2.44. The monoisotopic (exact) mass is 232 g/mol. The van der Waals surface area contributed by atoms with E-state index in [4.69, 9.17) is 0 Å². The quantitative estimate of drug-likeness (QED) is 0.385. The molecule has 0 saturated heterocycles. The van der Waals surface area contributed by atoms with E-state index in [2.05, 4.69) is 55.1 Å². The number of benzene rings is 1. The van der Waals surface area contributed by atoms with Crippen LogP contribution in [0.2, 0.25) is 17.8 Å². The van der Waals surface area contributed by atoms with E-state index in [0.29, 0.717) is 0 Å². The lowest BCUT2D eigenvalue weighted by Crippen LogP contribution is -1.94. The fraction of sp³-hybridized carbons (Fsp3) is 0.231. The van der Waals surface area contributed by atoms with E-state index >= 15 is 0 Å². The van der Waals surface area contributed by atoms with Gasteiger partial charge in [0.15, 0.2) is 0 Å². The van der Waals surface area contributed by atoms with Crippen molar-refractivity contribution in [1.82, 2.24) is 0 Å². The molecule has 80 valence electrons. The van der Waals surface area contributed by atoms with E-state index < -0.39 is 0 Å². The lowest BCUT2D eigenvalue weighted by atomic mass is 10.2. The number of allylic oxidation sites excluding steroid dienone is 2. The zero-order chi connectivity index (χ0) is 10.8. The van der Waals surface area contributed by atoms with Crippen LogP contribution in [-0.2, 0) is 0 Å². The predicted molar refractivity (Wildman–Crippen MR) is 77.2 cm³/mol. The third-order valence-corrected chi connectivity index (χ3v) is 7.95. The van der Waals surface area contributed by atoms with Gasteiger partial charge in [0.25, 0.3) is 0 Å². The molecule has 0 saturated carbocycles. The molecule has 0 aliphatic rings. The van der Waals surface area contributed by atoms with Crippen LogP contribution >= 0.6 is 0 Å². The zero-order valence-electron chi connectivity index (χ0n) is 9.36. The van der Waals surface area contributed by atoms with Gasteiger partial charge in [-0.25, -0.2) is 0 Å². The molecule has 0 radical (unpaired) electrons. The van der Waals surface area contributed by atoms with Crippen LogP contribution in [0.3, 0.4) is 0 Å². The van der Waals surface area contributed by atoms with Crippen LogP contribution < -0.4 is 0 Å². The summed E-state index contributed by atoms with van der Waals surface area (Å²) >= 11 is 0. The first kappa shape index (κ1) is 12.2. The van der Waals surface area contributed by atoms with Gasteiger partial charge in [-0.15, -0.1) is 6.58 Å². The third kappa shape index (κ3) is 6.25. The fourth-order valence-corrected chi connectivity index (χ4v) is 5.93. The van der Waals surface area contributed by atoms with Crippen LogP contribution in [0.1, 0.15) is 5.56 Å². The molecule has 0 atom stereocenters. The van der Waals surface area contributed by atoms with E-state index in [1.807, 2.05) is 0 Å². The van der Waals surface area contributed by atoms with Crippen LogP contribution in [0.15, 0.2) is 49.1 Å². The van der Waals surface area contributed by atoms with Crippen molar-refractivity contribution in [1.29, 1.82) is 0 Å². The van der Waals surface area contributed by atoms with Crippen molar-refractivity contribution in [3.05, 3.63) is 54.6 Å². The Morgan fingerprint density at radius 2 is 1.80 bits per heavy atom. The lowest BCUT2D eigenvalue weighted by Gasteiger charge is -1.93. The third-order valence-electron chi connectivity index (χ3n) is 2.39. The molecular weight excluding hydrogens is 212 g/mol. The Kier molecular flexibility index (Phi) is 6.87. The van der Waals surface area contributed by atoms with Crippen LogP contribution in [-0.4, -0.2) is 19.0 Å². The molecule has 0 N–H and O–H groups in total. The van der Waals surface area contributed by atoms with Gasteiger partial charge in [0.1, 0.15) is 0 Å². The molecule has 0 unspecified atom stereocenters. The Morgan fingerprint density at radius 1 is 1.07 bits per heavy atom. The van der Waals surface area contributed by atoms with Crippen LogP contribution in [0.5, 0.6) is 0 Å². The van der Waals surface area contributed by atoms with Crippen molar-refractivity contribution >= 4 is 25.1 Å². The summed E-state index contributed by atoms with van der Waals surface area (Å²) in [6, 6.07) is 13.2. The highest BCUT2D eigenvalue weighted by Gasteiger charge is 1.87. The second-order valence-corrected chi connectivity index (χ2v) is 9.14. The summed E-state index contributed by atoms with van der Waals surface area (Å²) in [6.45, 7) is 3.77. The van der Waals surface area contributed by atoms with E-state index in [0.717, 1.165) is 0 Å². The molecule has 1 aromatic carbocycles. The standard InChI is InChI=1S/C13H20Si2/c1-2-10-14-12-15-11-6-9-13-7-4-3-5-8-13/h2-9H,1,10-12,14-15H2.